The predicted octanol–water partition coefficient (Wildman–Crippen LogP) is 3.73. The van der Waals surface area contributed by atoms with Gasteiger partial charge < -0.3 is 10.4 Å². The average molecular weight is 317 g/mol. The van der Waals surface area contributed by atoms with Crippen molar-refractivity contribution >= 4 is 5.97 Å². The fourth-order valence-electron chi connectivity index (χ4n) is 1.99. The maximum atomic E-state index is 12.5. The van der Waals surface area contributed by atoms with Crippen molar-refractivity contribution in [3.8, 4) is 0 Å². The van der Waals surface area contributed by atoms with Crippen LogP contribution in [0.15, 0.2) is 24.3 Å². The maximum absolute atomic E-state index is 12.5. The molecule has 3 nitrogen and oxygen atoms in total. The van der Waals surface area contributed by atoms with Crippen molar-refractivity contribution in [2.75, 3.05) is 6.54 Å². The van der Waals surface area contributed by atoms with E-state index in [2.05, 4.69) is 5.32 Å². The monoisotopic (exact) mass is 317 g/mol. The average Bonchev–Trinajstić information content (AvgIpc) is 2.37. The zero-order valence-electron chi connectivity index (χ0n) is 13.0. The van der Waals surface area contributed by atoms with Gasteiger partial charge in [0.05, 0.1) is 11.0 Å². The number of benzene rings is 1. The van der Waals surface area contributed by atoms with Gasteiger partial charge in [0.25, 0.3) is 0 Å². The van der Waals surface area contributed by atoms with Crippen LogP contribution in [0, 0.1) is 5.41 Å². The van der Waals surface area contributed by atoms with E-state index in [1.54, 1.807) is 13.8 Å². The Balaban J connectivity index is 2.46. The van der Waals surface area contributed by atoms with E-state index in [0.29, 0.717) is 19.4 Å². The third-order valence-electron chi connectivity index (χ3n) is 3.64. The van der Waals surface area contributed by atoms with Crippen LogP contribution in [0.1, 0.15) is 38.3 Å². The number of carboxylic acid groups (broad SMARTS) is 1. The lowest BCUT2D eigenvalue weighted by molar-refractivity contribution is -0.147. The van der Waals surface area contributed by atoms with Crippen LogP contribution in [-0.2, 0) is 17.4 Å². The van der Waals surface area contributed by atoms with Gasteiger partial charge in [0.1, 0.15) is 0 Å². The standard InChI is InChI=1S/C16H22F3NO2/c1-11(20-9-8-15(2,3)14(21)22)10-12-4-6-13(7-5-12)16(17,18)19/h4-7,11,20H,8-10H2,1-3H3,(H,21,22). The summed E-state index contributed by atoms with van der Waals surface area (Å²) >= 11 is 0. The number of aliphatic carboxylic acids is 1. The van der Waals surface area contributed by atoms with Crippen molar-refractivity contribution in [2.45, 2.75) is 45.8 Å². The third kappa shape index (κ3) is 5.67. The van der Waals surface area contributed by atoms with Gasteiger partial charge in [-0.05, 0) is 57.9 Å². The van der Waals surface area contributed by atoms with Crippen LogP contribution in [0.4, 0.5) is 13.2 Å². The van der Waals surface area contributed by atoms with Crippen LogP contribution in [0.25, 0.3) is 0 Å². The molecule has 22 heavy (non-hydrogen) atoms. The van der Waals surface area contributed by atoms with Crippen molar-refractivity contribution < 1.29 is 23.1 Å². The van der Waals surface area contributed by atoms with Gasteiger partial charge in [0.2, 0.25) is 0 Å². The molecule has 0 bridgehead atoms. The molecule has 1 unspecified atom stereocenters. The minimum Gasteiger partial charge on any atom is -0.481 e. The summed E-state index contributed by atoms with van der Waals surface area (Å²) in [5.74, 6) is -0.843. The van der Waals surface area contributed by atoms with Gasteiger partial charge in [-0.3, -0.25) is 4.79 Å². The summed E-state index contributed by atoms with van der Waals surface area (Å²) in [6, 6.07) is 5.16. The molecule has 1 atom stereocenters. The van der Waals surface area contributed by atoms with Gasteiger partial charge >= 0.3 is 12.1 Å². The molecule has 1 rings (SSSR count). The molecule has 0 aliphatic rings. The number of nitrogens with one attached hydrogen (secondary N) is 1. The van der Waals surface area contributed by atoms with Gasteiger partial charge in [-0.2, -0.15) is 13.2 Å². The summed E-state index contributed by atoms with van der Waals surface area (Å²) in [6.45, 7) is 5.79. The Labute approximate surface area is 128 Å². The molecule has 1 aromatic rings. The molecule has 0 fully saturated rings. The Hall–Kier alpha value is -1.56. The molecule has 0 heterocycles. The van der Waals surface area contributed by atoms with E-state index in [0.717, 1.165) is 17.7 Å². The Morgan fingerprint density at radius 3 is 2.23 bits per heavy atom. The molecule has 124 valence electrons. The molecular weight excluding hydrogens is 295 g/mol. The molecule has 0 aliphatic carbocycles. The number of hydrogen-bond donors (Lipinski definition) is 2. The van der Waals surface area contributed by atoms with Gasteiger partial charge in [0.15, 0.2) is 0 Å². The van der Waals surface area contributed by atoms with E-state index in [9.17, 15) is 18.0 Å². The lowest BCUT2D eigenvalue weighted by Gasteiger charge is -2.21. The topological polar surface area (TPSA) is 49.3 Å². The number of alkyl halides is 3. The number of rotatable bonds is 7. The van der Waals surface area contributed by atoms with Crippen LogP contribution < -0.4 is 5.32 Å². The molecule has 0 saturated heterocycles. The van der Waals surface area contributed by atoms with Gasteiger partial charge in [-0.1, -0.05) is 12.1 Å². The summed E-state index contributed by atoms with van der Waals surface area (Å²) in [6.07, 6.45) is -3.24. The van der Waals surface area contributed by atoms with Gasteiger partial charge in [0, 0.05) is 6.04 Å². The quantitative estimate of drug-likeness (QED) is 0.805. The minimum absolute atomic E-state index is 0.0568. The zero-order chi connectivity index (χ0) is 17.0. The lowest BCUT2D eigenvalue weighted by atomic mass is 9.89. The second-order valence-electron chi connectivity index (χ2n) is 6.19. The normalized spacial score (nSPS) is 13.9. The van der Waals surface area contributed by atoms with Crippen molar-refractivity contribution in [1.29, 1.82) is 0 Å². The highest BCUT2D eigenvalue weighted by molar-refractivity contribution is 5.73. The second-order valence-corrected chi connectivity index (χ2v) is 6.19. The second kappa shape index (κ2) is 7.13. The molecule has 0 aromatic heterocycles. The fourth-order valence-corrected chi connectivity index (χ4v) is 1.99. The Bertz CT molecular complexity index is 495. The number of hydrogen-bond acceptors (Lipinski definition) is 2. The van der Waals surface area contributed by atoms with Crippen LogP contribution in [0.3, 0.4) is 0 Å². The minimum atomic E-state index is -4.31. The molecule has 0 radical (unpaired) electrons. The summed E-state index contributed by atoms with van der Waals surface area (Å²) < 4.78 is 37.4. The van der Waals surface area contributed by atoms with Crippen LogP contribution >= 0.6 is 0 Å². The van der Waals surface area contributed by atoms with Crippen LogP contribution in [-0.4, -0.2) is 23.7 Å². The molecule has 0 spiro atoms. The zero-order valence-corrected chi connectivity index (χ0v) is 13.0. The van der Waals surface area contributed by atoms with Gasteiger partial charge in [-0.25, -0.2) is 0 Å². The summed E-state index contributed by atoms with van der Waals surface area (Å²) in [5.41, 5.74) is -0.633. The van der Waals surface area contributed by atoms with E-state index in [4.69, 9.17) is 5.11 Å². The van der Waals surface area contributed by atoms with Crippen molar-refractivity contribution in [1.82, 2.24) is 5.32 Å². The summed E-state index contributed by atoms with van der Waals surface area (Å²) in [4.78, 5) is 11.0. The highest BCUT2D eigenvalue weighted by Gasteiger charge is 2.30. The molecule has 0 aliphatic heterocycles. The molecular formula is C16H22F3NO2. The van der Waals surface area contributed by atoms with E-state index in [1.807, 2.05) is 6.92 Å². The Morgan fingerprint density at radius 1 is 1.23 bits per heavy atom. The van der Waals surface area contributed by atoms with Crippen molar-refractivity contribution in [3.05, 3.63) is 35.4 Å². The first-order valence-corrected chi connectivity index (χ1v) is 7.15. The molecule has 1 aromatic carbocycles. The largest absolute Gasteiger partial charge is 0.481 e. The van der Waals surface area contributed by atoms with E-state index >= 15 is 0 Å². The highest BCUT2D eigenvalue weighted by atomic mass is 19.4. The molecule has 0 amide bonds. The predicted molar refractivity (Wildman–Crippen MR) is 78.6 cm³/mol. The van der Waals surface area contributed by atoms with Crippen LogP contribution in [0.5, 0.6) is 0 Å². The Morgan fingerprint density at radius 2 is 1.77 bits per heavy atom. The lowest BCUT2D eigenvalue weighted by Crippen LogP contribution is -2.34. The smallest absolute Gasteiger partial charge is 0.416 e. The first kappa shape index (κ1) is 18.5. The first-order valence-electron chi connectivity index (χ1n) is 7.15. The molecule has 0 saturated carbocycles. The molecule has 6 heteroatoms. The van der Waals surface area contributed by atoms with Crippen molar-refractivity contribution in [2.24, 2.45) is 5.41 Å². The number of carbonyl (C=O) groups is 1. The third-order valence-corrected chi connectivity index (χ3v) is 3.64. The fraction of sp³-hybridized carbons (Fsp3) is 0.562. The number of halogens is 3. The van der Waals surface area contributed by atoms with E-state index in [1.165, 1.54) is 12.1 Å². The number of carboxylic acids is 1. The van der Waals surface area contributed by atoms with E-state index in [-0.39, 0.29) is 6.04 Å². The Kier molecular flexibility index (Phi) is 6.00. The van der Waals surface area contributed by atoms with Gasteiger partial charge in [-0.15, -0.1) is 0 Å². The summed E-state index contributed by atoms with van der Waals surface area (Å²) in [7, 11) is 0. The summed E-state index contributed by atoms with van der Waals surface area (Å²) in [5, 5.41) is 12.2. The first-order chi connectivity index (χ1) is 10.0. The maximum Gasteiger partial charge on any atom is 0.416 e. The SMILES string of the molecule is CC(Cc1ccc(C(F)(F)F)cc1)NCCC(C)(C)C(=O)O. The van der Waals surface area contributed by atoms with Crippen molar-refractivity contribution in [3.63, 3.8) is 0 Å². The highest BCUT2D eigenvalue weighted by Crippen LogP contribution is 2.29. The molecule has 2 N–H and O–H groups in total. The van der Waals surface area contributed by atoms with Crippen LogP contribution in [0.2, 0.25) is 0 Å². The van der Waals surface area contributed by atoms with E-state index < -0.39 is 23.1 Å².